The number of hydrogen-bond donors (Lipinski definition) is 1. The molecule has 2 atom stereocenters. The minimum Gasteiger partial charge on any atom is -0.352 e. The molecule has 0 radical (unpaired) electrons. The number of anilines is 1. The van der Waals surface area contributed by atoms with Crippen molar-refractivity contribution in [3.05, 3.63) is 106 Å². The van der Waals surface area contributed by atoms with E-state index in [2.05, 4.69) is 5.32 Å². The van der Waals surface area contributed by atoms with Crippen LogP contribution in [0.2, 0.25) is 0 Å². The number of amides is 2. The van der Waals surface area contributed by atoms with Crippen LogP contribution in [0.1, 0.15) is 31.4 Å². The van der Waals surface area contributed by atoms with Crippen LogP contribution in [-0.2, 0) is 32.6 Å². The maximum Gasteiger partial charge on any atom is 0.271 e. The number of non-ortho nitro benzene ring substituents is 1. The number of rotatable bonds is 13. The zero-order chi connectivity index (χ0) is 29.3. The Morgan fingerprint density at radius 1 is 0.950 bits per heavy atom. The molecule has 10 nitrogen and oxygen atoms in total. The average Bonchev–Trinajstić information content (AvgIpc) is 2.93. The first-order chi connectivity index (χ1) is 19.0. The summed E-state index contributed by atoms with van der Waals surface area (Å²) < 4.78 is 26.5. The molecule has 1 N–H and O–H groups in total. The monoisotopic (exact) mass is 566 g/mol. The van der Waals surface area contributed by atoms with E-state index in [4.69, 9.17) is 0 Å². The van der Waals surface area contributed by atoms with E-state index in [0.717, 1.165) is 27.8 Å². The zero-order valence-corrected chi connectivity index (χ0v) is 23.6. The summed E-state index contributed by atoms with van der Waals surface area (Å²) in [5.74, 6) is -0.982. The number of nitro benzene ring substituents is 1. The van der Waals surface area contributed by atoms with E-state index in [1.165, 1.54) is 23.1 Å². The molecule has 0 aliphatic carbocycles. The molecule has 0 bridgehead atoms. The molecule has 0 unspecified atom stereocenters. The molecule has 0 fully saturated rings. The molecule has 0 aromatic heterocycles. The lowest BCUT2D eigenvalue weighted by atomic mass is 10.0. The number of sulfonamides is 1. The van der Waals surface area contributed by atoms with E-state index >= 15 is 0 Å². The van der Waals surface area contributed by atoms with Crippen LogP contribution in [0.5, 0.6) is 0 Å². The molecule has 0 aliphatic heterocycles. The Morgan fingerprint density at radius 2 is 1.55 bits per heavy atom. The van der Waals surface area contributed by atoms with Crippen molar-refractivity contribution in [1.29, 1.82) is 0 Å². The van der Waals surface area contributed by atoms with Gasteiger partial charge in [-0.1, -0.05) is 73.7 Å². The van der Waals surface area contributed by atoms with E-state index in [9.17, 15) is 28.1 Å². The van der Waals surface area contributed by atoms with Crippen molar-refractivity contribution < 1.29 is 22.9 Å². The number of nitro groups is 1. The first-order valence-corrected chi connectivity index (χ1v) is 14.7. The van der Waals surface area contributed by atoms with E-state index in [-0.39, 0.29) is 36.3 Å². The fourth-order valence-electron chi connectivity index (χ4n) is 4.15. The van der Waals surface area contributed by atoms with Crippen molar-refractivity contribution in [3.63, 3.8) is 0 Å². The summed E-state index contributed by atoms with van der Waals surface area (Å²) >= 11 is 0. The maximum absolute atomic E-state index is 14.0. The van der Waals surface area contributed by atoms with Crippen LogP contribution in [0.25, 0.3) is 0 Å². The highest BCUT2D eigenvalue weighted by Crippen LogP contribution is 2.24. The fraction of sp³-hybridized carbons (Fsp3) is 0.310. The minimum atomic E-state index is -4.03. The summed E-state index contributed by atoms with van der Waals surface area (Å²) in [6, 6.07) is 22.4. The van der Waals surface area contributed by atoms with Crippen molar-refractivity contribution in [2.45, 2.75) is 45.3 Å². The molecule has 3 aromatic carbocycles. The van der Waals surface area contributed by atoms with Gasteiger partial charge in [-0.15, -0.1) is 0 Å². The van der Waals surface area contributed by atoms with E-state index in [1.807, 2.05) is 74.5 Å². The van der Waals surface area contributed by atoms with Crippen molar-refractivity contribution in [1.82, 2.24) is 10.2 Å². The maximum atomic E-state index is 14.0. The molecule has 0 heterocycles. The number of nitrogens with zero attached hydrogens (tertiary/aromatic N) is 3. The second kappa shape index (κ2) is 13.7. The van der Waals surface area contributed by atoms with E-state index < -0.39 is 33.4 Å². The van der Waals surface area contributed by atoms with Gasteiger partial charge < -0.3 is 10.2 Å². The summed E-state index contributed by atoms with van der Waals surface area (Å²) in [7, 11) is -4.03. The van der Waals surface area contributed by atoms with Crippen molar-refractivity contribution in [2.75, 3.05) is 17.1 Å². The third-order valence-electron chi connectivity index (χ3n) is 6.48. The Balaban J connectivity index is 2.06. The van der Waals surface area contributed by atoms with Gasteiger partial charge >= 0.3 is 0 Å². The Kier molecular flexibility index (Phi) is 10.4. The highest BCUT2D eigenvalue weighted by Gasteiger charge is 2.33. The van der Waals surface area contributed by atoms with Gasteiger partial charge in [0.1, 0.15) is 12.6 Å². The summed E-state index contributed by atoms with van der Waals surface area (Å²) in [6.45, 7) is 3.22. The Bertz CT molecular complexity index is 1420. The number of carbonyl (C=O) groups excluding carboxylic acids is 2. The molecule has 0 spiro atoms. The summed E-state index contributed by atoms with van der Waals surface area (Å²) in [5.41, 5.74) is 1.26. The van der Waals surface area contributed by atoms with Gasteiger partial charge in [0, 0.05) is 31.1 Å². The first-order valence-electron chi connectivity index (χ1n) is 12.9. The summed E-state index contributed by atoms with van der Waals surface area (Å²) in [4.78, 5) is 39.7. The van der Waals surface area contributed by atoms with Gasteiger partial charge in [0.2, 0.25) is 21.8 Å². The van der Waals surface area contributed by atoms with Crippen LogP contribution >= 0.6 is 0 Å². The molecule has 0 aliphatic rings. The van der Waals surface area contributed by atoms with Gasteiger partial charge in [-0.3, -0.25) is 24.0 Å². The largest absolute Gasteiger partial charge is 0.352 e. The molecule has 212 valence electrons. The lowest BCUT2D eigenvalue weighted by molar-refractivity contribution is -0.384. The van der Waals surface area contributed by atoms with Crippen LogP contribution in [0.3, 0.4) is 0 Å². The molecule has 0 saturated carbocycles. The predicted octanol–water partition coefficient (Wildman–Crippen LogP) is 3.92. The van der Waals surface area contributed by atoms with Crippen molar-refractivity contribution >= 4 is 33.2 Å². The second-order valence-electron chi connectivity index (χ2n) is 9.58. The van der Waals surface area contributed by atoms with Gasteiger partial charge in [-0.2, -0.15) is 0 Å². The molecule has 3 aromatic rings. The summed E-state index contributed by atoms with van der Waals surface area (Å²) in [5, 5.41) is 14.3. The summed E-state index contributed by atoms with van der Waals surface area (Å²) in [6.07, 6.45) is 1.82. The normalized spacial score (nSPS) is 12.7. The third-order valence-corrected chi connectivity index (χ3v) is 7.62. The van der Waals surface area contributed by atoms with Crippen LogP contribution in [0.15, 0.2) is 84.9 Å². The molecule has 0 saturated heterocycles. The van der Waals surface area contributed by atoms with Crippen LogP contribution in [0, 0.1) is 10.1 Å². The minimum absolute atomic E-state index is 0.0200. The predicted molar refractivity (Wildman–Crippen MR) is 154 cm³/mol. The van der Waals surface area contributed by atoms with Crippen LogP contribution in [0.4, 0.5) is 11.4 Å². The lowest BCUT2D eigenvalue weighted by Gasteiger charge is -2.34. The van der Waals surface area contributed by atoms with Gasteiger partial charge in [0.15, 0.2) is 0 Å². The fourth-order valence-corrected chi connectivity index (χ4v) is 4.99. The van der Waals surface area contributed by atoms with Gasteiger partial charge in [0.25, 0.3) is 5.69 Å². The molecule has 2 amide bonds. The van der Waals surface area contributed by atoms with Crippen LogP contribution in [-0.4, -0.2) is 54.9 Å². The van der Waals surface area contributed by atoms with Crippen LogP contribution < -0.4 is 9.62 Å². The van der Waals surface area contributed by atoms with Gasteiger partial charge in [-0.25, -0.2) is 8.42 Å². The van der Waals surface area contributed by atoms with E-state index in [0.29, 0.717) is 6.42 Å². The number of benzene rings is 3. The molecule has 40 heavy (non-hydrogen) atoms. The second-order valence-corrected chi connectivity index (χ2v) is 11.5. The number of nitrogens with one attached hydrogen (secondary N) is 1. The Morgan fingerprint density at radius 3 is 2.10 bits per heavy atom. The number of hydrogen-bond acceptors (Lipinski definition) is 6. The molecular formula is C29H34N4O6S. The standard InChI is InChI=1S/C29H34N4O6S/c1-4-22(2)30-29(35)27(18-23-12-7-5-8-13-23)31(20-24-14-9-6-10-15-24)28(34)21-32(40(3,38)39)25-16-11-17-26(19-25)33(36)37/h5-17,19,22,27H,4,18,20-21H2,1-3H3,(H,30,35)/t22-,27+/m1/s1. The van der Waals surface area contributed by atoms with Crippen molar-refractivity contribution in [2.24, 2.45) is 0 Å². The quantitative estimate of drug-likeness (QED) is 0.247. The Hall–Kier alpha value is -4.25. The highest BCUT2D eigenvalue weighted by atomic mass is 32.2. The smallest absolute Gasteiger partial charge is 0.271 e. The lowest BCUT2D eigenvalue weighted by Crippen LogP contribution is -2.54. The average molecular weight is 567 g/mol. The zero-order valence-electron chi connectivity index (χ0n) is 22.8. The first kappa shape index (κ1) is 30.3. The van der Waals surface area contributed by atoms with Crippen molar-refractivity contribution in [3.8, 4) is 0 Å². The topological polar surface area (TPSA) is 130 Å². The molecule has 11 heteroatoms. The molecule has 3 rings (SSSR count). The third kappa shape index (κ3) is 8.37. The number of carbonyl (C=O) groups is 2. The van der Waals surface area contributed by atoms with Gasteiger partial charge in [-0.05, 0) is 30.5 Å². The Labute approximate surface area is 234 Å². The van der Waals surface area contributed by atoms with Gasteiger partial charge in [0.05, 0.1) is 16.9 Å². The highest BCUT2D eigenvalue weighted by molar-refractivity contribution is 7.92. The van der Waals surface area contributed by atoms with E-state index in [1.54, 1.807) is 0 Å². The molecular weight excluding hydrogens is 532 g/mol. The SMILES string of the molecule is CC[C@@H](C)NC(=O)[C@H](Cc1ccccc1)N(Cc1ccccc1)C(=O)CN(c1cccc([N+](=O)[O-])c1)S(C)(=O)=O.